The number of rotatable bonds is 5. The van der Waals surface area contributed by atoms with Gasteiger partial charge < -0.3 is 10.1 Å². The Balaban J connectivity index is 1.98. The van der Waals surface area contributed by atoms with Gasteiger partial charge in [0.15, 0.2) is 0 Å². The lowest BCUT2D eigenvalue weighted by molar-refractivity contribution is 0.177. The van der Waals surface area contributed by atoms with Crippen LogP contribution in [0.5, 0.6) is 5.75 Å². The molecule has 0 spiro atoms. The summed E-state index contributed by atoms with van der Waals surface area (Å²) in [6, 6.07) is 5.29. The molecule has 2 nitrogen and oxygen atoms in total. The zero-order valence-corrected chi connectivity index (χ0v) is 11.4. The Bertz CT molecular complexity index is 407. The molecule has 0 fully saturated rings. The molecule has 18 heavy (non-hydrogen) atoms. The van der Waals surface area contributed by atoms with Crippen LogP contribution in [0.2, 0.25) is 0 Å². The second-order valence-electron chi connectivity index (χ2n) is 5.18. The minimum atomic E-state index is -0.173. The number of hydrogen-bond donors (Lipinski definition) is 1. The summed E-state index contributed by atoms with van der Waals surface area (Å²) in [6.07, 6.45) is 3.18. The van der Waals surface area contributed by atoms with Crippen LogP contribution < -0.4 is 10.1 Å². The summed E-state index contributed by atoms with van der Waals surface area (Å²) in [5.74, 6) is 1.28. The number of hydrogen-bond acceptors (Lipinski definition) is 2. The Morgan fingerprint density at radius 1 is 1.50 bits per heavy atom. The average molecular weight is 251 g/mol. The highest BCUT2D eigenvalue weighted by Gasteiger charge is 2.27. The summed E-state index contributed by atoms with van der Waals surface area (Å²) in [5, 5.41) is 3.30. The first kappa shape index (κ1) is 13.3. The second-order valence-corrected chi connectivity index (χ2v) is 5.18. The molecule has 0 aromatic heterocycles. The van der Waals surface area contributed by atoms with Crippen LogP contribution in [0.3, 0.4) is 0 Å². The molecular weight excluding hydrogens is 229 g/mol. The molecule has 1 aliphatic heterocycles. The molecule has 1 aromatic carbocycles. The minimum absolute atomic E-state index is 0.173. The highest BCUT2D eigenvalue weighted by atomic mass is 19.1. The average Bonchev–Trinajstić information content (AvgIpc) is 2.76. The Morgan fingerprint density at radius 2 is 2.28 bits per heavy atom. The fraction of sp³-hybridized carbons (Fsp3) is 0.600. The maximum Gasteiger partial charge on any atom is 0.123 e. The van der Waals surface area contributed by atoms with Crippen molar-refractivity contribution in [3.05, 3.63) is 29.6 Å². The van der Waals surface area contributed by atoms with E-state index in [1.165, 1.54) is 6.07 Å². The first-order valence-electron chi connectivity index (χ1n) is 6.76. The van der Waals surface area contributed by atoms with Crippen LogP contribution in [-0.4, -0.2) is 19.2 Å². The predicted molar refractivity (Wildman–Crippen MR) is 71.4 cm³/mol. The van der Waals surface area contributed by atoms with Crippen molar-refractivity contribution in [2.45, 2.75) is 45.3 Å². The molecule has 0 saturated heterocycles. The van der Waals surface area contributed by atoms with Gasteiger partial charge >= 0.3 is 0 Å². The molecule has 1 aliphatic rings. The molecule has 1 heterocycles. The van der Waals surface area contributed by atoms with Crippen molar-refractivity contribution in [1.29, 1.82) is 0 Å². The molecule has 0 amide bonds. The van der Waals surface area contributed by atoms with E-state index in [9.17, 15) is 4.39 Å². The number of ether oxygens (including phenoxy) is 1. The van der Waals surface area contributed by atoms with E-state index in [2.05, 4.69) is 19.2 Å². The largest absolute Gasteiger partial charge is 0.490 e. The summed E-state index contributed by atoms with van der Waals surface area (Å²) >= 11 is 0. The fourth-order valence-corrected chi connectivity index (χ4v) is 2.72. The van der Waals surface area contributed by atoms with Gasteiger partial charge in [-0.1, -0.05) is 13.3 Å². The number of fused-ring (bicyclic) bond motifs is 1. The molecule has 0 bridgehead atoms. The van der Waals surface area contributed by atoms with Crippen LogP contribution in [0.25, 0.3) is 0 Å². The summed E-state index contributed by atoms with van der Waals surface area (Å²) < 4.78 is 19.0. The Hall–Kier alpha value is -1.09. The van der Waals surface area contributed by atoms with Crippen molar-refractivity contribution < 1.29 is 9.13 Å². The van der Waals surface area contributed by atoms with Gasteiger partial charge in [-0.05, 0) is 44.5 Å². The van der Waals surface area contributed by atoms with Crippen molar-refractivity contribution >= 4 is 0 Å². The maximum absolute atomic E-state index is 13.1. The lowest BCUT2D eigenvalue weighted by atomic mass is 9.90. The quantitative estimate of drug-likeness (QED) is 0.868. The molecule has 0 saturated carbocycles. The highest BCUT2D eigenvalue weighted by Crippen LogP contribution is 2.32. The molecule has 100 valence electrons. The van der Waals surface area contributed by atoms with E-state index >= 15 is 0 Å². The van der Waals surface area contributed by atoms with E-state index in [1.54, 1.807) is 12.1 Å². The van der Waals surface area contributed by atoms with E-state index in [4.69, 9.17) is 4.74 Å². The Morgan fingerprint density at radius 3 is 2.94 bits per heavy atom. The van der Waals surface area contributed by atoms with Gasteiger partial charge in [0.1, 0.15) is 17.7 Å². The molecule has 0 aliphatic carbocycles. The first-order valence-corrected chi connectivity index (χ1v) is 6.76. The molecular formula is C15H22FNO. The Kier molecular flexibility index (Phi) is 4.23. The van der Waals surface area contributed by atoms with Gasteiger partial charge in [0.25, 0.3) is 0 Å². The van der Waals surface area contributed by atoms with Crippen molar-refractivity contribution in [2.75, 3.05) is 7.05 Å². The van der Waals surface area contributed by atoms with E-state index in [-0.39, 0.29) is 11.9 Å². The number of halogens is 1. The molecule has 3 unspecified atom stereocenters. The third-order valence-corrected chi connectivity index (χ3v) is 4.02. The summed E-state index contributed by atoms with van der Waals surface area (Å²) in [7, 11) is 1.99. The standard InChI is InChI=1S/C15H22FNO/c1-4-11(10(2)17-3)8-14-9-12-7-13(16)5-6-15(12)18-14/h5-7,10-11,14,17H,4,8-9H2,1-3H3. The van der Waals surface area contributed by atoms with E-state index in [0.29, 0.717) is 12.0 Å². The minimum Gasteiger partial charge on any atom is -0.490 e. The third-order valence-electron chi connectivity index (χ3n) is 4.02. The zero-order chi connectivity index (χ0) is 13.1. The van der Waals surface area contributed by atoms with Gasteiger partial charge in [0, 0.05) is 18.0 Å². The van der Waals surface area contributed by atoms with Crippen LogP contribution in [0.4, 0.5) is 4.39 Å². The van der Waals surface area contributed by atoms with Crippen LogP contribution in [0.15, 0.2) is 18.2 Å². The Labute approximate surface area is 109 Å². The van der Waals surface area contributed by atoms with Crippen molar-refractivity contribution in [1.82, 2.24) is 5.32 Å². The van der Waals surface area contributed by atoms with E-state index < -0.39 is 0 Å². The zero-order valence-electron chi connectivity index (χ0n) is 11.4. The van der Waals surface area contributed by atoms with E-state index in [1.807, 2.05) is 7.05 Å². The first-order chi connectivity index (χ1) is 8.63. The number of nitrogens with one attached hydrogen (secondary N) is 1. The van der Waals surface area contributed by atoms with Gasteiger partial charge in [0.05, 0.1) is 0 Å². The molecule has 1 N–H and O–H groups in total. The summed E-state index contributed by atoms with van der Waals surface area (Å²) in [6.45, 7) is 4.41. The van der Waals surface area contributed by atoms with Crippen molar-refractivity contribution in [2.24, 2.45) is 5.92 Å². The van der Waals surface area contributed by atoms with Crippen LogP contribution >= 0.6 is 0 Å². The molecule has 3 heteroatoms. The van der Waals surface area contributed by atoms with Gasteiger partial charge in [-0.2, -0.15) is 0 Å². The van der Waals surface area contributed by atoms with Gasteiger partial charge in [-0.3, -0.25) is 0 Å². The van der Waals surface area contributed by atoms with Gasteiger partial charge in [-0.15, -0.1) is 0 Å². The molecule has 3 atom stereocenters. The summed E-state index contributed by atoms with van der Waals surface area (Å²) in [5.41, 5.74) is 1.01. The lowest BCUT2D eigenvalue weighted by Crippen LogP contribution is -2.33. The fourth-order valence-electron chi connectivity index (χ4n) is 2.72. The summed E-state index contributed by atoms with van der Waals surface area (Å²) in [4.78, 5) is 0. The van der Waals surface area contributed by atoms with Gasteiger partial charge in [0.2, 0.25) is 0 Å². The SMILES string of the molecule is CCC(CC1Cc2cc(F)ccc2O1)C(C)NC. The highest BCUT2D eigenvalue weighted by molar-refractivity contribution is 5.37. The predicted octanol–water partition coefficient (Wildman–Crippen LogP) is 3.15. The van der Waals surface area contributed by atoms with Crippen molar-refractivity contribution in [3.8, 4) is 5.75 Å². The normalized spacial score (nSPS) is 21.2. The third kappa shape index (κ3) is 2.83. The maximum atomic E-state index is 13.1. The topological polar surface area (TPSA) is 21.3 Å². The lowest BCUT2D eigenvalue weighted by Gasteiger charge is -2.24. The van der Waals surface area contributed by atoms with Crippen LogP contribution in [0, 0.1) is 11.7 Å². The van der Waals surface area contributed by atoms with Crippen LogP contribution in [0.1, 0.15) is 32.3 Å². The monoisotopic (exact) mass is 251 g/mol. The number of benzene rings is 1. The second kappa shape index (κ2) is 5.70. The molecule has 2 rings (SSSR count). The van der Waals surface area contributed by atoms with E-state index in [0.717, 1.165) is 30.6 Å². The smallest absolute Gasteiger partial charge is 0.123 e. The van der Waals surface area contributed by atoms with Crippen molar-refractivity contribution in [3.63, 3.8) is 0 Å². The van der Waals surface area contributed by atoms with Crippen LogP contribution in [-0.2, 0) is 6.42 Å². The molecule has 0 radical (unpaired) electrons. The van der Waals surface area contributed by atoms with Gasteiger partial charge in [-0.25, -0.2) is 4.39 Å². The molecule has 1 aromatic rings.